The predicted octanol–water partition coefficient (Wildman–Crippen LogP) is 1.72. The standard InChI is InChI=1S/C12H20ClN3O/c1-7(2)9(6-14)11(17)5-10-12(13)8(3)15-16(10)4/h7,9H,5-6,14H2,1-4H3. The third kappa shape index (κ3) is 3.07. The van der Waals surface area contributed by atoms with Crippen LogP contribution in [0.15, 0.2) is 0 Å². The summed E-state index contributed by atoms with van der Waals surface area (Å²) >= 11 is 6.12. The van der Waals surface area contributed by atoms with Crippen LogP contribution < -0.4 is 5.73 Å². The molecule has 0 spiro atoms. The van der Waals surface area contributed by atoms with Gasteiger partial charge in [-0.25, -0.2) is 0 Å². The first-order valence-corrected chi connectivity index (χ1v) is 6.17. The molecule has 0 aliphatic rings. The summed E-state index contributed by atoms with van der Waals surface area (Å²) in [5, 5.41) is 4.78. The van der Waals surface area contributed by atoms with Crippen molar-refractivity contribution in [3.63, 3.8) is 0 Å². The van der Waals surface area contributed by atoms with Crippen LogP contribution in [0.5, 0.6) is 0 Å². The molecule has 0 amide bonds. The first-order chi connectivity index (χ1) is 7.88. The molecule has 96 valence electrons. The van der Waals surface area contributed by atoms with Gasteiger partial charge in [0.15, 0.2) is 0 Å². The molecule has 1 atom stereocenters. The van der Waals surface area contributed by atoms with E-state index < -0.39 is 0 Å². The van der Waals surface area contributed by atoms with Gasteiger partial charge in [-0.15, -0.1) is 0 Å². The van der Waals surface area contributed by atoms with E-state index in [4.69, 9.17) is 17.3 Å². The summed E-state index contributed by atoms with van der Waals surface area (Å²) in [5.41, 5.74) is 7.16. The van der Waals surface area contributed by atoms with E-state index in [9.17, 15) is 4.79 Å². The van der Waals surface area contributed by atoms with Crippen LogP contribution in [0.1, 0.15) is 25.2 Å². The number of aryl methyl sites for hydroxylation is 2. The summed E-state index contributed by atoms with van der Waals surface area (Å²) in [6.45, 7) is 6.22. The van der Waals surface area contributed by atoms with Crippen LogP contribution in [0, 0.1) is 18.8 Å². The van der Waals surface area contributed by atoms with Crippen molar-refractivity contribution in [2.75, 3.05) is 6.54 Å². The summed E-state index contributed by atoms with van der Waals surface area (Å²) in [5.74, 6) is 0.272. The monoisotopic (exact) mass is 257 g/mol. The Morgan fingerprint density at radius 1 is 1.53 bits per heavy atom. The molecule has 0 saturated carbocycles. The summed E-state index contributed by atoms with van der Waals surface area (Å²) in [6, 6.07) is 0. The molecule has 0 fully saturated rings. The van der Waals surface area contributed by atoms with Crippen LogP contribution in [0.2, 0.25) is 5.02 Å². The smallest absolute Gasteiger partial charge is 0.143 e. The van der Waals surface area contributed by atoms with Crippen LogP contribution >= 0.6 is 11.6 Å². The minimum Gasteiger partial charge on any atom is -0.330 e. The zero-order chi connectivity index (χ0) is 13.2. The van der Waals surface area contributed by atoms with E-state index in [1.54, 1.807) is 11.7 Å². The molecule has 0 aliphatic carbocycles. The van der Waals surface area contributed by atoms with Crippen LogP contribution in [0.3, 0.4) is 0 Å². The Kier molecular flexibility index (Phi) is 4.71. The molecular weight excluding hydrogens is 238 g/mol. The minimum absolute atomic E-state index is 0.110. The Hall–Kier alpha value is -0.870. The number of hydrogen-bond donors (Lipinski definition) is 1. The van der Waals surface area contributed by atoms with Crippen molar-refractivity contribution in [1.29, 1.82) is 0 Å². The molecule has 1 heterocycles. The number of hydrogen-bond acceptors (Lipinski definition) is 3. The Morgan fingerprint density at radius 3 is 2.47 bits per heavy atom. The maximum Gasteiger partial charge on any atom is 0.143 e. The molecule has 2 N–H and O–H groups in total. The molecule has 0 bridgehead atoms. The molecule has 1 aromatic heterocycles. The topological polar surface area (TPSA) is 60.9 Å². The highest BCUT2D eigenvalue weighted by atomic mass is 35.5. The molecule has 17 heavy (non-hydrogen) atoms. The number of aromatic nitrogens is 2. The fraction of sp³-hybridized carbons (Fsp3) is 0.667. The van der Waals surface area contributed by atoms with Gasteiger partial charge in [0.2, 0.25) is 0 Å². The van der Waals surface area contributed by atoms with E-state index in [1.165, 1.54) is 0 Å². The lowest BCUT2D eigenvalue weighted by atomic mass is 9.89. The second-order valence-corrected chi connectivity index (χ2v) is 5.08. The third-order valence-electron chi connectivity index (χ3n) is 3.08. The third-order valence-corrected chi connectivity index (χ3v) is 3.57. The molecule has 5 heteroatoms. The predicted molar refractivity (Wildman–Crippen MR) is 69.0 cm³/mol. The number of halogens is 1. The Bertz CT molecular complexity index is 412. The SMILES string of the molecule is Cc1nn(C)c(CC(=O)C(CN)C(C)C)c1Cl. The van der Waals surface area contributed by atoms with Crippen LogP contribution in [0.4, 0.5) is 0 Å². The number of ketones is 1. The van der Waals surface area contributed by atoms with E-state index >= 15 is 0 Å². The molecule has 1 aromatic rings. The summed E-state index contributed by atoms with van der Waals surface area (Å²) in [6.07, 6.45) is 0.302. The molecule has 1 rings (SSSR count). The zero-order valence-electron chi connectivity index (χ0n) is 10.8. The van der Waals surface area contributed by atoms with Gasteiger partial charge in [-0.1, -0.05) is 25.4 Å². The van der Waals surface area contributed by atoms with Crippen molar-refractivity contribution < 1.29 is 4.79 Å². The maximum absolute atomic E-state index is 12.1. The van der Waals surface area contributed by atoms with Gasteiger partial charge in [-0.05, 0) is 12.8 Å². The van der Waals surface area contributed by atoms with Crippen molar-refractivity contribution in [3.8, 4) is 0 Å². The molecule has 4 nitrogen and oxygen atoms in total. The van der Waals surface area contributed by atoms with Gasteiger partial charge in [-0.3, -0.25) is 9.48 Å². The van der Waals surface area contributed by atoms with Gasteiger partial charge < -0.3 is 5.73 Å². The highest BCUT2D eigenvalue weighted by Gasteiger charge is 2.23. The van der Waals surface area contributed by atoms with E-state index in [2.05, 4.69) is 5.10 Å². The zero-order valence-corrected chi connectivity index (χ0v) is 11.6. The van der Waals surface area contributed by atoms with Crippen molar-refractivity contribution >= 4 is 17.4 Å². The number of carbonyl (C=O) groups excluding carboxylic acids is 1. The van der Waals surface area contributed by atoms with Gasteiger partial charge in [0.1, 0.15) is 5.78 Å². The number of carbonyl (C=O) groups is 1. The fourth-order valence-electron chi connectivity index (χ4n) is 1.94. The van der Waals surface area contributed by atoms with E-state index in [0.29, 0.717) is 18.0 Å². The minimum atomic E-state index is -0.110. The molecule has 1 unspecified atom stereocenters. The number of Topliss-reactive ketones (excluding diaryl/α,β-unsaturated/α-hetero) is 1. The normalized spacial score (nSPS) is 13.1. The first kappa shape index (κ1) is 14.2. The van der Waals surface area contributed by atoms with Gasteiger partial charge in [0.25, 0.3) is 0 Å². The summed E-state index contributed by atoms with van der Waals surface area (Å²) < 4.78 is 1.67. The second kappa shape index (κ2) is 5.65. The van der Waals surface area contributed by atoms with Crippen molar-refractivity contribution in [2.24, 2.45) is 24.6 Å². The van der Waals surface area contributed by atoms with E-state index in [-0.39, 0.29) is 17.6 Å². The fourth-order valence-corrected chi connectivity index (χ4v) is 2.17. The highest BCUT2D eigenvalue weighted by Crippen LogP contribution is 2.22. The second-order valence-electron chi connectivity index (χ2n) is 4.70. The van der Waals surface area contributed by atoms with Crippen molar-refractivity contribution in [3.05, 3.63) is 16.4 Å². The van der Waals surface area contributed by atoms with Gasteiger partial charge in [0.05, 0.1) is 22.8 Å². The molecule has 0 radical (unpaired) electrons. The summed E-state index contributed by atoms with van der Waals surface area (Å²) in [4.78, 5) is 12.1. The number of nitrogens with two attached hydrogens (primary N) is 1. The van der Waals surface area contributed by atoms with Crippen molar-refractivity contribution in [1.82, 2.24) is 9.78 Å². The first-order valence-electron chi connectivity index (χ1n) is 5.79. The molecule has 0 aromatic carbocycles. The van der Waals surface area contributed by atoms with E-state index in [0.717, 1.165) is 11.4 Å². The number of rotatable bonds is 5. The maximum atomic E-state index is 12.1. The highest BCUT2D eigenvalue weighted by molar-refractivity contribution is 6.32. The van der Waals surface area contributed by atoms with E-state index in [1.807, 2.05) is 20.8 Å². The van der Waals surface area contributed by atoms with Crippen LogP contribution in [-0.2, 0) is 18.3 Å². The largest absolute Gasteiger partial charge is 0.330 e. The molecular formula is C12H20ClN3O. The molecule has 0 saturated heterocycles. The summed E-state index contributed by atoms with van der Waals surface area (Å²) in [7, 11) is 1.80. The average Bonchev–Trinajstić information content (AvgIpc) is 2.45. The van der Waals surface area contributed by atoms with Crippen LogP contribution in [0.25, 0.3) is 0 Å². The molecule has 0 aliphatic heterocycles. The lowest BCUT2D eigenvalue weighted by Crippen LogP contribution is -2.30. The van der Waals surface area contributed by atoms with Crippen molar-refractivity contribution in [2.45, 2.75) is 27.2 Å². The lowest BCUT2D eigenvalue weighted by Gasteiger charge is -2.17. The Labute approximate surface area is 107 Å². The van der Waals surface area contributed by atoms with Gasteiger partial charge in [0, 0.05) is 19.5 Å². The number of nitrogens with zero attached hydrogens (tertiary/aromatic N) is 2. The lowest BCUT2D eigenvalue weighted by molar-refractivity contribution is -0.123. The Balaban J connectivity index is 2.87. The Morgan fingerprint density at radius 2 is 2.12 bits per heavy atom. The van der Waals surface area contributed by atoms with Gasteiger partial charge in [-0.2, -0.15) is 5.10 Å². The van der Waals surface area contributed by atoms with Gasteiger partial charge >= 0.3 is 0 Å². The quantitative estimate of drug-likeness (QED) is 0.874. The average molecular weight is 258 g/mol. The van der Waals surface area contributed by atoms with Crippen LogP contribution in [-0.4, -0.2) is 22.1 Å².